The Morgan fingerprint density at radius 2 is 2.13 bits per heavy atom. The number of nitrogens with one attached hydrogen (secondary N) is 2. The Hall–Kier alpha value is -1.53. The zero-order valence-corrected chi connectivity index (χ0v) is 14.2. The third-order valence-electron chi connectivity index (χ3n) is 4.72. The average molecular weight is 320 g/mol. The molecule has 0 bridgehead atoms. The summed E-state index contributed by atoms with van der Waals surface area (Å²) < 4.78 is 11.0. The lowest BCUT2D eigenvalue weighted by Crippen LogP contribution is -2.51. The highest BCUT2D eigenvalue weighted by molar-refractivity contribution is 5.79. The molecule has 2 N–H and O–H groups in total. The lowest BCUT2D eigenvalue weighted by molar-refractivity contribution is -0.0971. The van der Waals surface area contributed by atoms with Crippen molar-refractivity contribution in [1.29, 1.82) is 0 Å². The van der Waals surface area contributed by atoms with Crippen LogP contribution in [0.4, 0.5) is 0 Å². The topological polar surface area (TPSA) is 62.0 Å². The van der Waals surface area contributed by atoms with Gasteiger partial charge in [0.2, 0.25) is 0 Å². The van der Waals surface area contributed by atoms with Crippen molar-refractivity contribution in [2.24, 2.45) is 10.4 Å². The predicted octanol–water partition coefficient (Wildman–Crippen LogP) is 1.62. The molecule has 6 heteroatoms. The summed E-state index contributed by atoms with van der Waals surface area (Å²) in [5, 5.41) is 6.86. The first-order valence-electron chi connectivity index (χ1n) is 8.50. The van der Waals surface area contributed by atoms with Gasteiger partial charge in [0.1, 0.15) is 5.76 Å². The third kappa shape index (κ3) is 4.06. The van der Waals surface area contributed by atoms with E-state index in [4.69, 9.17) is 9.15 Å². The molecule has 0 amide bonds. The van der Waals surface area contributed by atoms with Crippen molar-refractivity contribution in [1.82, 2.24) is 15.5 Å². The van der Waals surface area contributed by atoms with Gasteiger partial charge in [-0.25, -0.2) is 0 Å². The molecule has 2 fully saturated rings. The molecule has 2 saturated heterocycles. The van der Waals surface area contributed by atoms with Crippen LogP contribution in [0.25, 0.3) is 0 Å². The van der Waals surface area contributed by atoms with Gasteiger partial charge in [-0.15, -0.1) is 0 Å². The van der Waals surface area contributed by atoms with Gasteiger partial charge in [0.15, 0.2) is 5.96 Å². The largest absolute Gasteiger partial charge is 0.468 e. The third-order valence-corrected chi connectivity index (χ3v) is 4.72. The summed E-state index contributed by atoms with van der Waals surface area (Å²) in [6, 6.07) is 4.28. The zero-order chi connectivity index (χ0) is 16.1. The smallest absolute Gasteiger partial charge is 0.191 e. The molecule has 1 unspecified atom stereocenters. The first kappa shape index (κ1) is 16.3. The van der Waals surface area contributed by atoms with Crippen molar-refractivity contribution in [3.05, 3.63) is 24.2 Å². The maximum Gasteiger partial charge on any atom is 0.191 e. The maximum atomic E-state index is 5.66. The molecule has 3 heterocycles. The molecule has 1 aromatic heterocycles. The molecule has 23 heavy (non-hydrogen) atoms. The Balaban J connectivity index is 1.54. The molecular formula is C17H28N4O2. The van der Waals surface area contributed by atoms with Gasteiger partial charge in [-0.2, -0.15) is 0 Å². The van der Waals surface area contributed by atoms with Gasteiger partial charge in [0.25, 0.3) is 0 Å². The normalized spacial score (nSPS) is 22.6. The molecule has 0 radical (unpaired) electrons. The number of hydrogen-bond donors (Lipinski definition) is 2. The van der Waals surface area contributed by atoms with Crippen molar-refractivity contribution >= 4 is 5.96 Å². The minimum Gasteiger partial charge on any atom is -0.468 e. The number of furan rings is 1. The number of hydrogen-bond acceptors (Lipinski definition) is 4. The van der Waals surface area contributed by atoms with Gasteiger partial charge in [-0.3, -0.25) is 9.89 Å². The summed E-state index contributed by atoms with van der Waals surface area (Å²) in [7, 11) is 1.81. The first-order chi connectivity index (χ1) is 11.2. The van der Waals surface area contributed by atoms with Gasteiger partial charge in [-0.05, 0) is 38.1 Å². The van der Waals surface area contributed by atoms with E-state index in [-0.39, 0.29) is 11.5 Å². The number of ether oxygens (including phenoxy) is 1. The first-order valence-corrected chi connectivity index (χ1v) is 8.50. The van der Waals surface area contributed by atoms with Crippen LogP contribution in [0.3, 0.4) is 0 Å². The molecule has 1 atom stereocenters. The van der Waals surface area contributed by atoms with E-state index in [0.29, 0.717) is 0 Å². The zero-order valence-electron chi connectivity index (χ0n) is 14.2. The van der Waals surface area contributed by atoms with Gasteiger partial charge < -0.3 is 19.8 Å². The SMILES string of the molecule is CN=C(NCC(c1ccco1)N1CCCC1)NCC1(C)COC1. The van der Waals surface area contributed by atoms with E-state index in [2.05, 4.69) is 33.5 Å². The van der Waals surface area contributed by atoms with Crippen LogP contribution in [0.5, 0.6) is 0 Å². The van der Waals surface area contributed by atoms with E-state index in [1.807, 2.05) is 13.1 Å². The van der Waals surface area contributed by atoms with Crippen molar-refractivity contribution in [2.45, 2.75) is 25.8 Å². The van der Waals surface area contributed by atoms with Crippen LogP contribution < -0.4 is 10.6 Å². The lowest BCUT2D eigenvalue weighted by atomic mass is 9.89. The Kier molecular flexibility index (Phi) is 5.23. The van der Waals surface area contributed by atoms with Crippen molar-refractivity contribution < 1.29 is 9.15 Å². The minimum absolute atomic E-state index is 0.229. The Morgan fingerprint density at radius 3 is 2.70 bits per heavy atom. The number of likely N-dealkylation sites (tertiary alicyclic amines) is 1. The Morgan fingerprint density at radius 1 is 1.35 bits per heavy atom. The van der Waals surface area contributed by atoms with Crippen molar-refractivity contribution in [3.63, 3.8) is 0 Å². The van der Waals surface area contributed by atoms with Gasteiger partial charge in [0.05, 0.1) is 25.5 Å². The van der Waals surface area contributed by atoms with Gasteiger partial charge >= 0.3 is 0 Å². The summed E-state index contributed by atoms with van der Waals surface area (Å²) in [5.41, 5.74) is 0.229. The van der Waals surface area contributed by atoms with E-state index in [1.54, 1.807) is 6.26 Å². The molecule has 0 aliphatic carbocycles. The Labute approximate surface area is 138 Å². The lowest BCUT2D eigenvalue weighted by Gasteiger charge is -2.38. The molecule has 0 aromatic carbocycles. The average Bonchev–Trinajstić information content (AvgIpc) is 3.22. The Bertz CT molecular complexity index is 505. The second-order valence-electron chi connectivity index (χ2n) is 6.88. The molecular weight excluding hydrogens is 292 g/mol. The fraction of sp³-hybridized carbons (Fsp3) is 0.706. The van der Waals surface area contributed by atoms with E-state index in [1.165, 1.54) is 12.8 Å². The molecule has 2 aliphatic heterocycles. The van der Waals surface area contributed by atoms with Crippen LogP contribution in [0.15, 0.2) is 27.8 Å². The van der Waals surface area contributed by atoms with Gasteiger partial charge in [0, 0.05) is 25.6 Å². The van der Waals surface area contributed by atoms with Crippen LogP contribution in [0.1, 0.15) is 31.6 Å². The number of aliphatic imine (C=N–C) groups is 1. The maximum absolute atomic E-state index is 5.66. The summed E-state index contributed by atoms with van der Waals surface area (Å²) in [5.74, 6) is 1.86. The fourth-order valence-electron chi connectivity index (χ4n) is 3.21. The quantitative estimate of drug-likeness (QED) is 0.616. The molecule has 0 saturated carbocycles. The van der Waals surface area contributed by atoms with Crippen molar-refractivity contribution in [3.8, 4) is 0 Å². The molecule has 128 valence electrons. The summed E-state index contributed by atoms with van der Waals surface area (Å²) in [6.07, 6.45) is 4.29. The van der Waals surface area contributed by atoms with E-state index in [0.717, 1.165) is 51.1 Å². The summed E-state index contributed by atoms with van der Waals surface area (Å²) in [6.45, 7) is 7.80. The molecule has 3 rings (SSSR count). The van der Waals surface area contributed by atoms with Crippen LogP contribution in [0, 0.1) is 5.41 Å². The minimum atomic E-state index is 0.229. The highest BCUT2D eigenvalue weighted by atomic mass is 16.5. The van der Waals surface area contributed by atoms with Crippen molar-refractivity contribution in [2.75, 3.05) is 46.4 Å². The monoisotopic (exact) mass is 320 g/mol. The fourth-order valence-corrected chi connectivity index (χ4v) is 3.21. The number of nitrogens with zero attached hydrogens (tertiary/aromatic N) is 2. The van der Waals surface area contributed by atoms with E-state index >= 15 is 0 Å². The predicted molar refractivity (Wildman–Crippen MR) is 90.5 cm³/mol. The highest BCUT2D eigenvalue weighted by Gasteiger charge is 2.33. The van der Waals surface area contributed by atoms with Gasteiger partial charge in [-0.1, -0.05) is 6.92 Å². The van der Waals surface area contributed by atoms with Crippen LogP contribution in [-0.2, 0) is 4.74 Å². The molecule has 2 aliphatic rings. The highest BCUT2D eigenvalue weighted by Crippen LogP contribution is 2.26. The van der Waals surface area contributed by atoms with Crippen LogP contribution in [0.2, 0.25) is 0 Å². The second kappa shape index (κ2) is 7.36. The van der Waals surface area contributed by atoms with Crippen LogP contribution in [-0.4, -0.2) is 57.3 Å². The van der Waals surface area contributed by atoms with E-state index in [9.17, 15) is 0 Å². The molecule has 0 spiro atoms. The molecule has 1 aromatic rings. The molecule has 6 nitrogen and oxygen atoms in total. The number of rotatable bonds is 6. The number of guanidine groups is 1. The standard InChI is InChI=1S/C17H28N4O2/c1-17(12-22-13-17)11-20-16(18-2)19-10-14(15-6-5-9-23-15)21-7-3-4-8-21/h5-6,9,14H,3-4,7-8,10-13H2,1-2H3,(H2,18,19,20). The second-order valence-corrected chi connectivity index (χ2v) is 6.88. The summed E-state index contributed by atoms with van der Waals surface area (Å²) in [4.78, 5) is 6.82. The van der Waals surface area contributed by atoms with Crippen LogP contribution >= 0.6 is 0 Å². The van der Waals surface area contributed by atoms with E-state index < -0.39 is 0 Å². The summed E-state index contributed by atoms with van der Waals surface area (Å²) >= 11 is 0.